The molecule has 0 atom stereocenters. The lowest BCUT2D eigenvalue weighted by Gasteiger charge is -2.12. The molecule has 142 valence electrons. The molecular formula is C22H27N3O2. The summed E-state index contributed by atoms with van der Waals surface area (Å²) in [5.74, 6) is -0.301. The highest BCUT2D eigenvalue weighted by Gasteiger charge is 2.15. The number of nitrogens with one attached hydrogen (secondary N) is 1. The number of hydrogen-bond acceptors (Lipinski definition) is 3. The number of pyridine rings is 1. The zero-order valence-corrected chi connectivity index (χ0v) is 15.8. The van der Waals surface area contributed by atoms with Crippen molar-refractivity contribution in [3.05, 3.63) is 54.4 Å². The van der Waals surface area contributed by atoms with E-state index in [1.807, 2.05) is 18.5 Å². The Morgan fingerprint density at radius 1 is 1.07 bits per heavy atom. The number of hydrogen-bond donors (Lipinski definition) is 2. The van der Waals surface area contributed by atoms with Crippen molar-refractivity contribution in [2.45, 2.75) is 52.0 Å². The van der Waals surface area contributed by atoms with Gasteiger partial charge < -0.3 is 4.57 Å². The van der Waals surface area contributed by atoms with Crippen molar-refractivity contribution in [3.63, 3.8) is 0 Å². The highest BCUT2D eigenvalue weighted by molar-refractivity contribution is 5.91. The van der Waals surface area contributed by atoms with Gasteiger partial charge in [0.25, 0.3) is 0 Å². The number of hydroxylamine groups is 1. The van der Waals surface area contributed by atoms with Crippen molar-refractivity contribution in [1.29, 1.82) is 0 Å². The molecule has 2 heterocycles. The van der Waals surface area contributed by atoms with Crippen LogP contribution in [0.3, 0.4) is 0 Å². The van der Waals surface area contributed by atoms with Gasteiger partial charge in [-0.2, -0.15) is 0 Å². The number of fused-ring (bicyclic) bond motifs is 1. The van der Waals surface area contributed by atoms with E-state index in [0.29, 0.717) is 6.42 Å². The van der Waals surface area contributed by atoms with E-state index < -0.39 is 0 Å². The van der Waals surface area contributed by atoms with E-state index in [1.165, 1.54) is 22.2 Å². The lowest BCUT2D eigenvalue weighted by molar-refractivity contribution is -0.129. The minimum Gasteiger partial charge on any atom is -0.340 e. The molecule has 0 unspecified atom stereocenters. The predicted octanol–water partition coefficient (Wildman–Crippen LogP) is 4.86. The van der Waals surface area contributed by atoms with Gasteiger partial charge in [0.15, 0.2) is 0 Å². The Morgan fingerprint density at radius 2 is 1.85 bits per heavy atom. The van der Waals surface area contributed by atoms with Crippen LogP contribution >= 0.6 is 0 Å². The van der Waals surface area contributed by atoms with Crippen LogP contribution < -0.4 is 5.48 Å². The fourth-order valence-electron chi connectivity index (χ4n) is 3.73. The molecule has 3 aromatic rings. The van der Waals surface area contributed by atoms with Crippen LogP contribution in [0.25, 0.3) is 22.2 Å². The van der Waals surface area contributed by atoms with Gasteiger partial charge in [0, 0.05) is 41.8 Å². The van der Waals surface area contributed by atoms with E-state index in [9.17, 15) is 4.79 Å². The van der Waals surface area contributed by atoms with E-state index in [0.717, 1.165) is 44.2 Å². The zero-order chi connectivity index (χ0) is 19.1. The van der Waals surface area contributed by atoms with Crippen LogP contribution in [0.4, 0.5) is 0 Å². The maximum atomic E-state index is 11.0. The van der Waals surface area contributed by atoms with Gasteiger partial charge >= 0.3 is 0 Å². The number of carbonyl (C=O) groups is 1. The number of amides is 1. The smallest absolute Gasteiger partial charge is 0.243 e. The maximum absolute atomic E-state index is 11.0. The number of rotatable bonds is 9. The molecule has 5 heteroatoms. The van der Waals surface area contributed by atoms with Crippen molar-refractivity contribution in [2.24, 2.45) is 0 Å². The predicted molar refractivity (Wildman–Crippen MR) is 108 cm³/mol. The van der Waals surface area contributed by atoms with E-state index >= 15 is 0 Å². The molecule has 1 amide bonds. The molecule has 27 heavy (non-hydrogen) atoms. The van der Waals surface area contributed by atoms with Crippen molar-refractivity contribution in [3.8, 4) is 11.3 Å². The Kier molecular flexibility index (Phi) is 6.60. The lowest BCUT2D eigenvalue weighted by atomic mass is 10.1. The van der Waals surface area contributed by atoms with Crippen molar-refractivity contribution >= 4 is 16.8 Å². The molecule has 2 N–H and O–H groups in total. The first-order valence-corrected chi connectivity index (χ1v) is 9.63. The third kappa shape index (κ3) is 4.55. The topological polar surface area (TPSA) is 67.2 Å². The molecule has 0 bridgehead atoms. The van der Waals surface area contributed by atoms with E-state index in [-0.39, 0.29) is 5.91 Å². The third-order valence-corrected chi connectivity index (χ3v) is 5.07. The largest absolute Gasteiger partial charge is 0.340 e. The van der Waals surface area contributed by atoms with Crippen LogP contribution in [-0.4, -0.2) is 20.7 Å². The van der Waals surface area contributed by atoms with Gasteiger partial charge in [-0.15, -0.1) is 0 Å². The Bertz CT molecular complexity index is 887. The SMILES string of the molecule is Cc1c(-c2cccnc2)n(CCCCCCCC(=O)NO)c2ccccc12. The molecule has 2 aromatic heterocycles. The van der Waals surface area contributed by atoms with Gasteiger partial charge in [0.1, 0.15) is 0 Å². The minimum absolute atomic E-state index is 0.301. The molecule has 0 saturated heterocycles. The number of benzene rings is 1. The molecule has 1 aromatic carbocycles. The highest BCUT2D eigenvalue weighted by atomic mass is 16.5. The number of unbranched alkanes of at least 4 members (excludes halogenated alkanes) is 4. The first-order chi connectivity index (χ1) is 13.2. The fourth-order valence-corrected chi connectivity index (χ4v) is 3.73. The second-order valence-corrected chi connectivity index (χ2v) is 6.94. The summed E-state index contributed by atoms with van der Waals surface area (Å²) in [4.78, 5) is 15.3. The first kappa shape index (κ1) is 19.1. The van der Waals surface area contributed by atoms with Gasteiger partial charge in [-0.05, 0) is 43.5 Å². The maximum Gasteiger partial charge on any atom is 0.243 e. The lowest BCUT2D eigenvalue weighted by Crippen LogP contribution is -2.17. The normalized spacial score (nSPS) is 11.0. The highest BCUT2D eigenvalue weighted by Crippen LogP contribution is 2.33. The summed E-state index contributed by atoms with van der Waals surface area (Å²) in [7, 11) is 0. The summed E-state index contributed by atoms with van der Waals surface area (Å²) < 4.78 is 2.42. The van der Waals surface area contributed by atoms with Gasteiger partial charge in [-0.3, -0.25) is 15.0 Å². The molecule has 0 saturated carbocycles. The molecule has 0 radical (unpaired) electrons. The minimum atomic E-state index is -0.301. The van der Waals surface area contributed by atoms with Crippen LogP contribution in [0.5, 0.6) is 0 Å². The molecule has 3 rings (SSSR count). The summed E-state index contributed by atoms with van der Waals surface area (Å²) in [6.07, 6.45) is 9.28. The number of aryl methyl sites for hydroxylation is 2. The van der Waals surface area contributed by atoms with Crippen LogP contribution in [-0.2, 0) is 11.3 Å². The summed E-state index contributed by atoms with van der Waals surface area (Å²) in [5.41, 5.74) is 6.66. The van der Waals surface area contributed by atoms with E-state index in [1.54, 1.807) is 5.48 Å². The summed E-state index contributed by atoms with van der Waals surface area (Å²) in [6.45, 7) is 3.16. The van der Waals surface area contributed by atoms with Crippen LogP contribution in [0.2, 0.25) is 0 Å². The second-order valence-electron chi connectivity index (χ2n) is 6.94. The first-order valence-electron chi connectivity index (χ1n) is 9.63. The average Bonchev–Trinajstić information content (AvgIpc) is 3.00. The van der Waals surface area contributed by atoms with Gasteiger partial charge in [0.2, 0.25) is 5.91 Å². The van der Waals surface area contributed by atoms with E-state index in [4.69, 9.17) is 5.21 Å². The van der Waals surface area contributed by atoms with E-state index in [2.05, 4.69) is 46.8 Å². The number of para-hydroxylation sites is 1. The van der Waals surface area contributed by atoms with Crippen LogP contribution in [0.15, 0.2) is 48.8 Å². The molecule has 5 nitrogen and oxygen atoms in total. The number of aromatic nitrogens is 2. The second kappa shape index (κ2) is 9.33. The average molecular weight is 365 g/mol. The Labute approximate surface area is 160 Å². The molecule has 0 aliphatic carbocycles. The van der Waals surface area contributed by atoms with Gasteiger partial charge in [-0.1, -0.05) is 37.5 Å². The summed E-state index contributed by atoms with van der Waals surface area (Å²) >= 11 is 0. The molecule has 0 spiro atoms. The molecule has 0 aliphatic rings. The van der Waals surface area contributed by atoms with Crippen molar-refractivity contribution in [2.75, 3.05) is 0 Å². The summed E-state index contributed by atoms with van der Waals surface area (Å²) in [5, 5.41) is 9.80. The van der Waals surface area contributed by atoms with Crippen LogP contribution in [0, 0.1) is 6.92 Å². The quantitative estimate of drug-likeness (QED) is 0.323. The van der Waals surface area contributed by atoms with Crippen molar-refractivity contribution in [1.82, 2.24) is 15.0 Å². The van der Waals surface area contributed by atoms with Crippen molar-refractivity contribution < 1.29 is 10.0 Å². The monoisotopic (exact) mass is 365 g/mol. The fraction of sp³-hybridized carbons (Fsp3) is 0.364. The standard InChI is InChI=1S/C22H27N3O2/c1-17-19-11-6-7-12-20(19)25(22(17)18-10-9-14-23-16-18)15-8-4-2-3-5-13-21(26)24-27/h6-7,9-12,14,16,27H,2-5,8,13,15H2,1H3,(H,24,26). The molecule has 0 aliphatic heterocycles. The van der Waals surface area contributed by atoms with Gasteiger partial charge in [-0.25, -0.2) is 5.48 Å². The van der Waals surface area contributed by atoms with Gasteiger partial charge in [0.05, 0.1) is 5.69 Å². The Hall–Kier alpha value is -2.66. The number of nitrogens with zero attached hydrogens (tertiary/aromatic N) is 2. The third-order valence-electron chi connectivity index (χ3n) is 5.07. The number of carbonyl (C=O) groups excluding carboxylic acids is 1. The zero-order valence-electron chi connectivity index (χ0n) is 15.8. The summed E-state index contributed by atoms with van der Waals surface area (Å²) in [6, 6.07) is 12.7. The van der Waals surface area contributed by atoms with Crippen LogP contribution in [0.1, 0.15) is 44.1 Å². The Balaban J connectivity index is 1.68. The molecular weight excluding hydrogens is 338 g/mol. The Morgan fingerprint density at radius 3 is 2.63 bits per heavy atom. The molecule has 0 fully saturated rings.